The molecule has 18 heavy (non-hydrogen) atoms. The highest BCUT2D eigenvalue weighted by atomic mass is 16.4. The van der Waals surface area contributed by atoms with Crippen LogP contribution in [0.2, 0.25) is 0 Å². The minimum absolute atomic E-state index is 0.0705. The summed E-state index contributed by atoms with van der Waals surface area (Å²) in [7, 11) is 0. The molecule has 1 rings (SSSR count). The summed E-state index contributed by atoms with van der Waals surface area (Å²) in [4.78, 5) is 23.1. The van der Waals surface area contributed by atoms with Crippen LogP contribution in [0.3, 0.4) is 0 Å². The summed E-state index contributed by atoms with van der Waals surface area (Å²) in [6, 6.07) is -0.576. The van der Waals surface area contributed by atoms with Crippen LogP contribution in [0.5, 0.6) is 0 Å². The summed E-state index contributed by atoms with van der Waals surface area (Å²) in [6.07, 6.45) is 3.69. The maximum absolute atomic E-state index is 12.0. The second kappa shape index (κ2) is 6.73. The Bertz CT molecular complexity index is 297. The molecule has 0 saturated heterocycles. The standard InChI is InChI=1S/C13H24N2O3/c1-8(2)7-11(13(17)18)15-12(16)9-3-5-10(14)6-4-9/h8-11H,3-7,14H2,1-2H3,(H,15,16)(H,17,18)/t9?,10?,11-/m1/s1. The third kappa shape index (κ3) is 4.64. The van der Waals surface area contributed by atoms with Gasteiger partial charge >= 0.3 is 5.97 Å². The molecule has 5 nitrogen and oxygen atoms in total. The summed E-state index contributed by atoms with van der Waals surface area (Å²) in [5, 5.41) is 11.7. The van der Waals surface area contributed by atoms with Crippen LogP contribution in [-0.2, 0) is 9.59 Å². The van der Waals surface area contributed by atoms with Crippen LogP contribution in [0.4, 0.5) is 0 Å². The lowest BCUT2D eigenvalue weighted by atomic mass is 9.85. The number of carbonyl (C=O) groups excluding carboxylic acids is 1. The van der Waals surface area contributed by atoms with Gasteiger partial charge in [0.25, 0.3) is 0 Å². The molecule has 4 N–H and O–H groups in total. The van der Waals surface area contributed by atoms with Crippen LogP contribution < -0.4 is 11.1 Å². The van der Waals surface area contributed by atoms with Gasteiger partial charge < -0.3 is 16.2 Å². The number of nitrogens with one attached hydrogen (secondary N) is 1. The topological polar surface area (TPSA) is 92.4 Å². The molecule has 1 aliphatic carbocycles. The summed E-state index contributed by atoms with van der Waals surface area (Å²) in [5.41, 5.74) is 5.79. The van der Waals surface area contributed by atoms with Gasteiger partial charge in [-0.3, -0.25) is 4.79 Å². The van der Waals surface area contributed by atoms with Crippen LogP contribution in [0, 0.1) is 11.8 Å². The normalized spacial score (nSPS) is 25.8. The average Bonchev–Trinajstić information content (AvgIpc) is 2.28. The summed E-state index contributed by atoms with van der Waals surface area (Å²) >= 11 is 0. The zero-order valence-corrected chi connectivity index (χ0v) is 11.2. The minimum atomic E-state index is -0.954. The summed E-state index contributed by atoms with van der Waals surface area (Å²) in [6.45, 7) is 3.89. The van der Waals surface area contributed by atoms with Crippen molar-refractivity contribution in [1.82, 2.24) is 5.32 Å². The maximum atomic E-state index is 12.0. The first kappa shape index (κ1) is 15.0. The van der Waals surface area contributed by atoms with E-state index in [4.69, 9.17) is 10.8 Å². The molecule has 0 radical (unpaired) electrons. The molecule has 1 atom stereocenters. The highest BCUT2D eigenvalue weighted by molar-refractivity contribution is 5.85. The van der Waals surface area contributed by atoms with E-state index < -0.39 is 12.0 Å². The smallest absolute Gasteiger partial charge is 0.326 e. The first-order valence-electron chi connectivity index (χ1n) is 6.69. The second-order valence-corrected chi connectivity index (χ2v) is 5.64. The van der Waals surface area contributed by atoms with E-state index in [-0.39, 0.29) is 23.8 Å². The molecule has 0 aromatic rings. The van der Waals surface area contributed by atoms with Crippen molar-refractivity contribution in [2.24, 2.45) is 17.6 Å². The Balaban J connectivity index is 2.48. The van der Waals surface area contributed by atoms with Crippen molar-refractivity contribution in [3.8, 4) is 0 Å². The number of nitrogens with two attached hydrogens (primary N) is 1. The molecule has 104 valence electrons. The number of amides is 1. The lowest BCUT2D eigenvalue weighted by Crippen LogP contribution is -2.45. The van der Waals surface area contributed by atoms with Crippen LogP contribution in [-0.4, -0.2) is 29.1 Å². The Morgan fingerprint density at radius 2 is 1.83 bits per heavy atom. The largest absolute Gasteiger partial charge is 0.480 e. The fourth-order valence-electron chi connectivity index (χ4n) is 2.36. The highest BCUT2D eigenvalue weighted by Gasteiger charge is 2.28. The van der Waals surface area contributed by atoms with E-state index in [2.05, 4.69) is 5.32 Å². The van der Waals surface area contributed by atoms with Crippen molar-refractivity contribution in [3.05, 3.63) is 0 Å². The third-order valence-electron chi connectivity index (χ3n) is 3.46. The van der Waals surface area contributed by atoms with Crippen molar-refractivity contribution in [3.63, 3.8) is 0 Å². The Hall–Kier alpha value is -1.10. The molecule has 1 fully saturated rings. The van der Waals surface area contributed by atoms with E-state index in [1.165, 1.54) is 0 Å². The number of aliphatic carboxylic acids is 1. The Morgan fingerprint density at radius 1 is 1.28 bits per heavy atom. The molecular weight excluding hydrogens is 232 g/mol. The zero-order chi connectivity index (χ0) is 13.7. The van der Waals surface area contributed by atoms with Crippen molar-refractivity contribution in [1.29, 1.82) is 0 Å². The summed E-state index contributed by atoms with van der Waals surface area (Å²) in [5.74, 6) is -0.912. The Kier molecular flexibility index (Phi) is 5.59. The first-order chi connectivity index (χ1) is 8.40. The van der Waals surface area contributed by atoms with Gasteiger partial charge in [0.1, 0.15) is 6.04 Å². The maximum Gasteiger partial charge on any atom is 0.326 e. The van der Waals surface area contributed by atoms with Gasteiger partial charge in [-0.05, 0) is 38.0 Å². The van der Waals surface area contributed by atoms with E-state index in [1.807, 2.05) is 13.8 Å². The zero-order valence-electron chi connectivity index (χ0n) is 11.2. The van der Waals surface area contributed by atoms with Crippen LogP contribution in [0.15, 0.2) is 0 Å². The van der Waals surface area contributed by atoms with E-state index in [9.17, 15) is 9.59 Å². The molecule has 0 heterocycles. The molecule has 0 aromatic heterocycles. The monoisotopic (exact) mass is 256 g/mol. The van der Waals surface area contributed by atoms with E-state index >= 15 is 0 Å². The Labute approximate surface area is 108 Å². The lowest BCUT2D eigenvalue weighted by molar-refractivity contribution is -0.143. The average molecular weight is 256 g/mol. The number of carbonyl (C=O) groups is 2. The molecule has 0 unspecified atom stereocenters. The number of carboxylic acids is 1. The quantitative estimate of drug-likeness (QED) is 0.687. The van der Waals surface area contributed by atoms with Crippen molar-refractivity contribution < 1.29 is 14.7 Å². The third-order valence-corrected chi connectivity index (χ3v) is 3.46. The number of hydrogen-bond acceptors (Lipinski definition) is 3. The molecule has 1 aliphatic rings. The molecule has 0 bridgehead atoms. The fourth-order valence-corrected chi connectivity index (χ4v) is 2.36. The molecule has 1 amide bonds. The predicted molar refractivity (Wildman–Crippen MR) is 69.0 cm³/mol. The summed E-state index contributed by atoms with van der Waals surface area (Å²) < 4.78 is 0. The van der Waals surface area contributed by atoms with Gasteiger partial charge in [-0.1, -0.05) is 13.8 Å². The van der Waals surface area contributed by atoms with E-state index in [0.717, 1.165) is 25.7 Å². The van der Waals surface area contributed by atoms with Gasteiger partial charge in [0, 0.05) is 12.0 Å². The SMILES string of the molecule is CC(C)C[C@@H](NC(=O)C1CCC(N)CC1)C(=O)O. The van der Waals surface area contributed by atoms with Crippen molar-refractivity contribution in [2.45, 2.75) is 58.0 Å². The molecule has 5 heteroatoms. The predicted octanol–water partition coefficient (Wildman–Crippen LogP) is 1.12. The van der Waals surface area contributed by atoms with Crippen molar-refractivity contribution >= 4 is 11.9 Å². The number of carboxylic acid groups (broad SMARTS) is 1. The molecular formula is C13H24N2O3. The molecule has 0 spiro atoms. The number of rotatable bonds is 5. The van der Waals surface area contributed by atoms with Crippen molar-refractivity contribution in [2.75, 3.05) is 0 Å². The lowest BCUT2D eigenvalue weighted by Gasteiger charge is -2.26. The van der Waals surface area contributed by atoms with Gasteiger partial charge in [0.05, 0.1) is 0 Å². The van der Waals surface area contributed by atoms with E-state index in [1.54, 1.807) is 0 Å². The number of hydrogen-bond donors (Lipinski definition) is 3. The second-order valence-electron chi connectivity index (χ2n) is 5.64. The fraction of sp³-hybridized carbons (Fsp3) is 0.846. The van der Waals surface area contributed by atoms with E-state index in [0.29, 0.717) is 6.42 Å². The van der Waals surface area contributed by atoms with Crippen LogP contribution in [0.25, 0.3) is 0 Å². The van der Waals surface area contributed by atoms with Gasteiger partial charge in [0.2, 0.25) is 5.91 Å². The molecule has 0 aliphatic heterocycles. The van der Waals surface area contributed by atoms with Crippen LogP contribution >= 0.6 is 0 Å². The Morgan fingerprint density at radius 3 is 2.28 bits per heavy atom. The van der Waals surface area contributed by atoms with Gasteiger partial charge in [0.15, 0.2) is 0 Å². The minimum Gasteiger partial charge on any atom is -0.480 e. The van der Waals surface area contributed by atoms with Crippen LogP contribution in [0.1, 0.15) is 46.0 Å². The van der Waals surface area contributed by atoms with Gasteiger partial charge in [-0.2, -0.15) is 0 Å². The van der Waals surface area contributed by atoms with Gasteiger partial charge in [-0.25, -0.2) is 4.79 Å². The molecule has 1 saturated carbocycles. The molecule has 0 aromatic carbocycles. The highest BCUT2D eigenvalue weighted by Crippen LogP contribution is 2.23. The first-order valence-corrected chi connectivity index (χ1v) is 6.69. The van der Waals surface area contributed by atoms with Gasteiger partial charge in [-0.15, -0.1) is 0 Å².